The molecule has 0 aliphatic carbocycles. The van der Waals surface area contributed by atoms with Gasteiger partial charge in [-0.15, -0.1) is 0 Å². The van der Waals surface area contributed by atoms with Crippen LogP contribution in [0.15, 0.2) is 72.9 Å². The van der Waals surface area contributed by atoms with E-state index in [1.165, 1.54) is 20.0 Å². The largest absolute Gasteiger partial charge is 0.492 e. The number of amides is 2. The van der Waals surface area contributed by atoms with Crippen LogP contribution in [-0.4, -0.2) is 57.3 Å². The van der Waals surface area contributed by atoms with Gasteiger partial charge in [0, 0.05) is 29.6 Å². The molecule has 1 fully saturated rings. The first-order valence-corrected chi connectivity index (χ1v) is 17.1. The third kappa shape index (κ3) is 8.35. The molecule has 1 aliphatic rings. The molecular weight excluding hydrogens is 602 g/mol. The minimum atomic E-state index is -3.61. The third-order valence-corrected chi connectivity index (χ3v) is 8.26. The summed E-state index contributed by atoms with van der Waals surface area (Å²) in [4.78, 5) is 20.3. The van der Waals surface area contributed by atoms with Gasteiger partial charge in [-0.3, -0.25) is 14.6 Å². The number of rotatable bonds is 10. The lowest BCUT2D eigenvalue weighted by atomic mass is 9.86. The van der Waals surface area contributed by atoms with Crippen molar-refractivity contribution in [3.05, 3.63) is 84.2 Å². The molecule has 1 aliphatic heterocycles. The molecule has 0 spiro atoms. The molecular formula is C35H41N5O5S. The van der Waals surface area contributed by atoms with E-state index < -0.39 is 16.1 Å². The van der Waals surface area contributed by atoms with Gasteiger partial charge in [0.15, 0.2) is 5.75 Å². The number of likely N-dealkylation sites (tertiary alicyclic amines) is 1. The average molecular weight is 644 g/mol. The maximum atomic E-state index is 13.4. The second-order valence-electron chi connectivity index (χ2n) is 12.4. The van der Waals surface area contributed by atoms with Crippen LogP contribution in [-0.2, 0) is 15.4 Å². The van der Waals surface area contributed by atoms with Gasteiger partial charge >= 0.3 is 6.03 Å². The number of hydrogen-bond donors (Lipinski definition) is 3. The lowest BCUT2D eigenvalue weighted by molar-refractivity contribution is 0.262. The number of pyridine rings is 1. The Hall–Kier alpha value is -4.61. The molecule has 2 heterocycles. The van der Waals surface area contributed by atoms with Crippen molar-refractivity contribution in [2.75, 3.05) is 48.4 Å². The zero-order chi connectivity index (χ0) is 32.9. The van der Waals surface area contributed by atoms with Gasteiger partial charge in [0.2, 0.25) is 10.0 Å². The van der Waals surface area contributed by atoms with Gasteiger partial charge in [-0.2, -0.15) is 0 Å². The molecule has 1 aromatic heterocycles. The molecule has 4 aromatic rings. The molecule has 0 unspecified atom stereocenters. The summed E-state index contributed by atoms with van der Waals surface area (Å²) in [5, 5.41) is 7.38. The van der Waals surface area contributed by atoms with E-state index in [1.54, 1.807) is 24.4 Å². The van der Waals surface area contributed by atoms with Crippen molar-refractivity contribution in [3.63, 3.8) is 0 Å². The predicted octanol–water partition coefficient (Wildman–Crippen LogP) is 7.46. The standard InChI is InChI=1S/C35H41N5O5S/c1-35(2,3)24-21-30(33(44-4)31(22-24)39-46(5,42)43)38-34(41)37-29-14-15-32(28-13-7-6-12-27(28)29)45-26-16-17-36-25(23-26)11-10-20-40-18-8-9-19-40/h6-7,10-17,21-23,39H,8-9,18-20H2,1-5H3,(H2,37,38,41). The van der Waals surface area contributed by atoms with Crippen LogP contribution in [0.25, 0.3) is 16.8 Å². The monoisotopic (exact) mass is 643 g/mol. The van der Waals surface area contributed by atoms with Crippen LogP contribution in [0, 0.1) is 0 Å². The summed E-state index contributed by atoms with van der Waals surface area (Å²) in [5.41, 5.74) is 2.42. The first-order valence-electron chi connectivity index (χ1n) is 15.2. The van der Waals surface area contributed by atoms with Gasteiger partial charge in [-0.1, -0.05) is 51.1 Å². The highest BCUT2D eigenvalue weighted by molar-refractivity contribution is 7.92. The molecule has 1 saturated heterocycles. The summed E-state index contributed by atoms with van der Waals surface area (Å²) in [7, 11) is -2.18. The summed E-state index contributed by atoms with van der Waals surface area (Å²) < 4.78 is 38.5. The summed E-state index contributed by atoms with van der Waals surface area (Å²) in [5.74, 6) is 1.49. The Morgan fingerprint density at radius 1 is 0.957 bits per heavy atom. The Kier molecular flexibility index (Phi) is 9.83. The molecule has 11 heteroatoms. The lowest BCUT2D eigenvalue weighted by Crippen LogP contribution is -2.22. The number of nitrogens with one attached hydrogen (secondary N) is 3. The number of sulfonamides is 1. The molecule has 242 valence electrons. The molecule has 46 heavy (non-hydrogen) atoms. The Morgan fingerprint density at radius 3 is 2.35 bits per heavy atom. The molecule has 0 radical (unpaired) electrons. The highest BCUT2D eigenvalue weighted by atomic mass is 32.2. The lowest BCUT2D eigenvalue weighted by Gasteiger charge is -2.24. The first kappa shape index (κ1) is 32.8. The molecule has 10 nitrogen and oxygen atoms in total. The molecule has 2 amide bonds. The fourth-order valence-electron chi connectivity index (χ4n) is 5.39. The summed E-state index contributed by atoms with van der Waals surface area (Å²) >= 11 is 0. The Labute approximate surface area is 270 Å². The molecule has 0 saturated carbocycles. The number of aromatic nitrogens is 1. The summed E-state index contributed by atoms with van der Waals surface area (Å²) in [6.45, 7) is 9.19. The fraction of sp³-hybridized carbons (Fsp3) is 0.314. The number of carbonyl (C=O) groups is 1. The predicted molar refractivity (Wildman–Crippen MR) is 186 cm³/mol. The van der Waals surface area contributed by atoms with Crippen molar-refractivity contribution in [2.24, 2.45) is 0 Å². The van der Waals surface area contributed by atoms with Crippen LogP contribution in [0.4, 0.5) is 21.9 Å². The first-order chi connectivity index (χ1) is 21.9. The minimum Gasteiger partial charge on any atom is -0.492 e. The van der Waals surface area contributed by atoms with Crippen molar-refractivity contribution >= 4 is 50.0 Å². The quantitative estimate of drug-likeness (QED) is 0.164. The topological polar surface area (TPSA) is 122 Å². The summed E-state index contributed by atoms with van der Waals surface area (Å²) in [6.07, 6.45) is 9.46. The Bertz CT molecular complexity index is 1860. The second kappa shape index (κ2) is 13.8. The van der Waals surface area contributed by atoms with Gasteiger partial charge in [0.25, 0.3) is 0 Å². The van der Waals surface area contributed by atoms with Gasteiger partial charge in [0.05, 0.1) is 36.1 Å². The molecule has 3 aromatic carbocycles. The van der Waals surface area contributed by atoms with Crippen LogP contribution < -0.4 is 24.8 Å². The number of benzene rings is 3. The van der Waals surface area contributed by atoms with Gasteiger partial charge < -0.3 is 20.1 Å². The van der Waals surface area contributed by atoms with Crippen LogP contribution >= 0.6 is 0 Å². The molecule has 0 atom stereocenters. The van der Waals surface area contributed by atoms with Crippen LogP contribution in [0.2, 0.25) is 0 Å². The third-order valence-electron chi connectivity index (χ3n) is 7.67. The number of nitrogens with zero attached hydrogens (tertiary/aromatic N) is 2. The normalized spacial score (nSPS) is 14.0. The van der Waals surface area contributed by atoms with E-state index in [4.69, 9.17) is 9.47 Å². The van der Waals surface area contributed by atoms with Gasteiger partial charge in [0.1, 0.15) is 11.5 Å². The van der Waals surface area contributed by atoms with Crippen LogP contribution in [0.3, 0.4) is 0 Å². The van der Waals surface area contributed by atoms with Crippen LogP contribution in [0.5, 0.6) is 17.2 Å². The number of hydrogen-bond acceptors (Lipinski definition) is 7. The van der Waals surface area contributed by atoms with E-state index in [2.05, 4.69) is 31.3 Å². The number of urea groups is 1. The maximum Gasteiger partial charge on any atom is 0.323 e. The zero-order valence-electron chi connectivity index (χ0n) is 26.9. The molecule has 5 rings (SSSR count). The van der Waals surface area contributed by atoms with Crippen LogP contribution in [0.1, 0.15) is 44.9 Å². The van der Waals surface area contributed by atoms with E-state index in [1.807, 2.05) is 69.3 Å². The number of methoxy groups -OCH3 is 1. The van der Waals surface area contributed by atoms with Crippen molar-refractivity contribution in [1.29, 1.82) is 0 Å². The number of carbonyl (C=O) groups excluding carboxylic acids is 1. The highest BCUT2D eigenvalue weighted by Crippen LogP contribution is 2.40. The smallest absolute Gasteiger partial charge is 0.323 e. The van der Waals surface area contributed by atoms with Crippen molar-refractivity contribution in [3.8, 4) is 17.2 Å². The molecule has 0 bridgehead atoms. The number of anilines is 3. The molecule has 3 N–H and O–H groups in total. The van der Waals surface area contributed by atoms with Gasteiger partial charge in [-0.05, 0) is 73.3 Å². The van der Waals surface area contributed by atoms with Crippen molar-refractivity contribution < 1.29 is 22.7 Å². The van der Waals surface area contributed by atoms with E-state index >= 15 is 0 Å². The summed E-state index contributed by atoms with van der Waals surface area (Å²) in [6, 6.07) is 18.0. The van der Waals surface area contributed by atoms with E-state index in [0.717, 1.165) is 47.9 Å². The average Bonchev–Trinajstić information content (AvgIpc) is 3.51. The minimum absolute atomic E-state index is 0.199. The highest BCUT2D eigenvalue weighted by Gasteiger charge is 2.22. The number of fused-ring (bicyclic) bond motifs is 1. The Balaban J connectivity index is 1.37. The van der Waals surface area contributed by atoms with E-state index in [0.29, 0.717) is 22.9 Å². The van der Waals surface area contributed by atoms with E-state index in [9.17, 15) is 13.2 Å². The fourth-order valence-corrected chi connectivity index (χ4v) is 5.94. The van der Waals surface area contributed by atoms with Gasteiger partial charge in [-0.25, -0.2) is 13.2 Å². The SMILES string of the molecule is COc1c(NC(=O)Nc2ccc(Oc3ccnc(C=CCN4CCCC4)c3)c3ccccc23)cc(C(C)(C)C)cc1NS(C)(=O)=O. The van der Waals surface area contributed by atoms with Crippen molar-refractivity contribution in [1.82, 2.24) is 9.88 Å². The second-order valence-corrected chi connectivity index (χ2v) is 14.1. The maximum absolute atomic E-state index is 13.4. The van der Waals surface area contributed by atoms with E-state index in [-0.39, 0.29) is 16.9 Å². The Morgan fingerprint density at radius 2 is 1.65 bits per heavy atom. The number of ether oxygens (including phenoxy) is 2. The zero-order valence-corrected chi connectivity index (χ0v) is 27.7. The van der Waals surface area contributed by atoms with Crippen molar-refractivity contribution in [2.45, 2.75) is 39.0 Å².